The number of hydrogen-bond acceptors (Lipinski definition) is 2. The molecule has 194 valence electrons. The molecule has 0 heterocycles. The summed E-state index contributed by atoms with van der Waals surface area (Å²) in [6.45, 7) is 0. The molecule has 0 bridgehead atoms. The van der Waals surface area contributed by atoms with Crippen molar-refractivity contribution in [2.75, 3.05) is 0 Å². The molecule has 0 saturated carbocycles. The van der Waals surface area contributed by atoms with Crippen LogP contribution >= 0.6 is 45.2 Å². The molecule has 9 heteroatoms. The Bertz CT molecular complexity index is 1690. The van der Waals surface area contributed by atoms with Crippen LogP contribution < -0.4 is 0 Å². The highest BCUT2D eigenvalue weighted by Crippen LogP contribution is 2.47. The summed E-state index contributed by atoms with van der Waals surface area (Å²) in [5, 5.41) is 2.58. The smallest absolute Gasteiger partial charge is 0.279 e. The van der Waals surface area contributed by atoms with Crippen LogP contribution in [-0.4, -0.2) is 18.5 Å². The van der Waals surface area contributed by atoms with Gasteiger partial charge in [-0.1, -0.05) is 103 Å². The summed E-state index contributed by atoms with van der Waals surface area (Å²) in [7, 11) is -5.84. The van der Waals surface area contributed by atoms with E-state index in [0.717, 1.165) is 0 Å². The molecular weight excluding hydrogens is 739 g/mol. The lowest BCUT2D eigenvalue weighted by Crippen LogP contribution is -2.21. The molecule has 3 nitrogen and oxygen atoms in total. The fraction of sp³-hybridized carbons (Fsp3) is 0.0345. The molecule has 38 heavy (non-hydrogen) atoms. The van der Waals surface area contributed by atoms with Gasteiger partial charge in [0, 0.05) is 18.3 Å². The highest BCUT2D eigenvalue weighted by Gasteiger charge is 2.44. The molecule has 0 aliphatic rings. The van der Waals surface area contributed by atoms with Gasteiger partial charge in [-0.05, 0) is 84.3 Å². The lowest BCUT2D eigenvalue weighted by Gasteiger charge is -2.21. The third-order valence-electron chi connectivity index (χ3n) is 5.72. The molecule has 0 spiro atoms. The van der Waals surface area contributed by atoms with Crippen LogP contribution in [0.1, 0.15) is 0 Å². The fourth-order valence-electron chi connectivity index (χ4n) is 4.12. The summed E-state index contributed by atoms with van der Waals surface area (Å²) in [6, 6.07) is 39.0. The largest absolute Gasteiger partial charge is 0.522 e. The highest BCUT2D eigenvalue weighted by atomic mass is 127. The van der Waals surface area contributed by atoms with Crippen molar-refractivity contribution in [2.24, 2.45) is 0 Å². The van der Waals surface area contributed by atoms with Gasteiger partial charge in [0.05, 0.1) is 0 Å². The number of fused-ring (bicyclic) bond motifs is 1. The molecule has 5 aromatic carbocycles. The molecule has 0 fully saturated rings. The summed E-state index contributed by atoms with van der Waals surface area (Å²) < 4.78 is 60.1. The van der Waals surface area contributed by atoms with Crippen LogP contribution in [-0.2, 0) is 10.1 Å². The van der Waals surface area contributed by atoms with E-state index in [9.17, 15) is 13.2 Å². The number of benzene rings is 5. The van der Waals surface area contributed by atoms with E-state index in [-0.39, 0.29) is 0 Å². The van der Waals surface area contributed by atoms with E-state index in [1.54, 1.807) is 0 Å². The minimum absolute atomic E-state index is 1.25. The maximum absolute atomic E-state index is 10.7. The molecule has 1 N–H and O–H groups in total. The van der Waals surface area contributed by atoms with Crippen molar-refractivity contribution < 1.29 is 26.1 Å². The number of rotatable bonds is 3. The van der Waals surface area contributed by atoms with Gasteiger partial charge in [0.25, 0.3) is 0 Å². The van der Waals surface area contributed by atoms with E-state index in [1.807, 2.05) is 0 Å². The lowest BCUT2D eigenvalue weighted by molar-refractivity contribution is -0.0510. The molecule has 0 unspecified atom stereocenters. The summed E-state index contributed by atoms with van der Waals surface area (Å²) in [5.74, 6) is 0. The van der Waals surface area contributed by atoms with E-state index < -0.39 is 15.6 Å². The minimum Gasteiger partial charge on any atom is -0.279 e. The quantitative estimate of drug-likeness (QED) is 0.113. The molecule has 0 amide bonds. The minimum atomic E-state index is -5.84. The van der Waals surface area contributed by atoms with Crippen LogP contribution in [0.4, 0.5) is 13.2 Å². The first-order chi connectivity index (χ1) is 18.0. The molecule has 0 aliphatic heterocycles. The second-order valence-corrected chi connectivity index (χ2v) is 11.8. The number of alkyl halides is 3. The highest BCUT2D eigenvalue weighted by molar-refractivity contribution is 14.1. The second kappa shape index (κ2) is 11.7. The van der Waals surface area contributed by atoms with Crippen molar-refractivity contribution in [1.29, 1.82) is 0 Å². The van der Waals surface area contributed by atoms with Crippen molar-refractivity contribution in [3.63, 3.8) is 0 Å². The van der Waals surface area contributed by atoms with Crippen molar-refractivity contribution >= 4 is 66.1 Å². The maximum Gasteiger partial charge on any atom is 0.522 e. The van der Waals surface area contributed by atoms with Gasteiger partial charge in [0.2, 0.25) is 0 Å². The zero-order chi connectivity index (χ0) is 27.5. The monoisotopic (exact) mass is 758 g/mol. The summed E-state index contributed by atoms with van der Waals surface area (Å²) in [6.07, 6.45) is 0. The van der Waals surface area contributed by atoms with Crippen molar-refractivity contribution in [1.82, 2.24) is 0 Å². The van der Waals surface area contributed by atoms with Gasteiger partial charge in [-0.2, -0.15) is 21.6 Å². The molecule has 5 aromatic rings. The third-order valence-corrected chi connectivity index (χ3v) is 8.32. The summed E-state index contributed by atoms with van der Waals surface area (Å²) in [4.78, 5) is 0. The maximum atomic E-state index is 10.7. The molecule has 5 rings (SSSR count). The Morgan fingerprint density at radius 1 is 0.579 bits per heavy atom. The first-order valence-corrected chi connectivity index (χ1v) is 14.7. The normalized spacial score (nSPS) is 11.6. The molecule has 0 radical (unpaired) electrons. The van der Waals surface area contributed by atoms with Crippen molar-refractivity contribution in [2.45, 2.75) is 5.51 Å². The average Bonchev–Trinajstić information content (AvgIpc) is 2.89. The molecule has 0 atom stereocenters. The number of hydrogen-bond donors (Lipinski definition) is 1. The van der Waals surface area contributed by atoms with Gasteiger partial charge >= 0.3 is 15.6 Å². The van der Waals surface area contributed by atoms with Crippen molar-refractivity contribution in [3.8, 4) is 33.4 Å². The fourth-order valence-corrected chi connectivity index (χ4v) is 5.93. The topological polar surface area (TPSA) is 54.4 Å². The molecule has 0 aliphatic carbocycles. The Kier molecular flexibility index (Phi) is 8.80. The average molecular weight is 758 g/mol. The van der Waals surface area contributed by atoms with E-state index >= 15 is 0 Å². The van der Waals surface area contributed by atoms with Gasteiger partial charge < -0.3 is 0 Å². The van der Waals surface area contributed by atoms with Gasteiger partial charge in [0.15, 0.2) is 0 Å². The SMILES string of the molecule is Ic1ccccc1-c1c(I)c(-c2ccccc2)c2ccccc2c1-c1ccccc1.O=S(=O)(O)C(F)(F)F. The Labute approximate surface area is 245 Å². The zero-order valence-electron chi connectivity index (χ0n) is 19.5. The first-order valence-electron chi connectivity index (χ1n) is 11.1. The molecule has 0 aromatic heterocycles. The first kappa shape index (κ1) is 28.5. The van der Waals surface area contributed by atoms with E-state index in [0.29, 0.717) is 0 Å². The molecular formula is C29H19F3I2O3S. The van der Waals surface area contributed by atoms with Crippen LogP contribution in [0.5, 0.6) is 0 Å². The van der Waals surface area contributed by atoms with Gasteiger partial charge in [-0.15, -0.1) is 0 Å². The van der Waals surface area contributed by atoms with Crippen LogP contribution in [0.15, 0.2) is 109 Å². The summed E-state index contributed by atoms with van der Waals surface area (Å²) in [5.41, 5.74) is 2.17. The van der Waals surface area contributed by atoms with E-state index in [2.05, 4.69) is 154 Å². The Morgan fingerprint density at radius 2 is 0.974 bits per heavy atom. The van der Waals surface area contributed by atoms with Crippen LogP contribution in [0.3, 0.4) is 0 Å². The predicted octanol–water partition coefficient (Wildman–Crippen LogP) is 9.44. The predicted molar refractivity (Wildman–Crippen MR) is 163 cm³/mol. The third kappa shape index (κ3) is 6.05. The van der Waals surface area contributed by atoms with Crippen LogP contribution in [0, 0.1) is 7.14 Å². The second-order valence-electron chi connectivity index (χ2n) is 8.12. The van der Waals surface area contributed by atoms with Crippen LogP contribution in [0.25, 0.3) is 44.2 Å². The molecule has 0 saturated heterocycles. The Morgan fingerprint density at radius 3 is 1.45 bits per heavy atom. The zero-order valence-corrected chi connectivity index (χ0v) is 24.6. The summed E-state index contributed by atoms with van der Waals surface area (Å²) >= 11 is 5.03. The van der Waals surface area contributed by atoms with E-state index in [1.165, 1.54) is 51.3 Å². The van der Waals surface area contributed by atoms with Gasteiger partial charge in [-0.3, -0.25) is 4.55 Å². The van der Waals surface area contributed by atoms with E-state index in [4.69, 9.17) is 13.0 Å². The van der Waals surface area contributed by atoms with Gasteiger partial charge in [-0.25, -0.2) is 0 Å². The lowest BCUT2D eigenvalue weighted by atomic mass is 9.85. The standard InChI is InChI=1S/C28H18I2.CHF3O3S/c29-24-18-10-9-17-23(24)27-25(19-11-3-1-4-12-19)21-15-7-8-16-22(21)26(28(27)30)20-13-5-2-6-14-20;2-1(3,4)8(5,6)7/h1-18H;(H,5,6,7). The van der Waals surface area contributed by atoms with Crippen LogP contribution in [0.2, 0.25) is 0 Å². The Balaban J connectivity index is 0.000000368. The number of halogens is 5. The Hall–Kier alpha value is -2.48. The van der Waals surface area contributed by atoms with Gasteiger partial charge in [0.1, 0.15) is 0 Å². The van der Waals surface area contributed by atoms with Crippen molar-refractivity contribution in [3.05, 3.63) is 116 Å².